The van der Waals surface area contributed by atoms with Gasteiger partial charge in [0.25, 0.3) is 0 Å². The van der Waals surface area contributed by atoms with Crippen LogP contribution in [-0.4, -0.2) is 6.61 Å². The third-order valence-electron chi connectivity index (χ3n) is 9.99. The SMILES string of the molecule is CC=CC1CCC(C2CCC(c3ccc(-c4ccc(-c5ccc(OCCCCCC)c(F)c5F)cc4)cc3F)CC2)CC1. The average molecular weight is 589 g/mol. The Morgan fingerprint density at radius 3 is 2.00 bits per heavy atom. The van der Waals surface area contributed by atoms with Crippen LogP contribution in [0.25, 0.3) is 22.3 Å². The Morgan fingerprint density at radius 1 is 0.698 bits per heavy atom. The van der Waals surface area contributed by atoms with E-state index in [1.165, 1.54) is 44.6 Å². The second-order valence-corrected chi connectivity index (χ2v) is 12.8. The fourth-order valence-corrected chi connectivity index (χ4v) is 7.44. The molecule has 0 radical (unpaired) electrons. The quantitative estimate of drug-likeness (QED) is 0.160. The Labute approximate surface area is 256 Å². The molecule has 3 aromatic carbocycles. The van der Waals surface area contributed by atoms with Gasteiger partial charge in [0, 0.05) is 5.56 Å². The van der Waals surface area contributed by atoms with Crippen molar-refractivity contribution in [1.29, 1.82) is 0 Å². The summed E-state index contributed by atoms with van der Waals surface area (Å²) in [6.07, 6.45) is 18.5. The topological polar surface area (TPSA) is 9.23 Å². The van der Waals surface area contributed by atoms with Crippen molar-refractivity contribution in [2.75, 3.05) is 6.61 Å². The number of rotatable bonds is 11. The summed E-state index contributed by atoms with van der Waals surface area (Å²) in [7, 11) is 0. The lowest BCUT2D eigenvalue weighted by molar-refractivity contribution is 0.171. The molecule has 2 aliphatic carbocycles. The van der Waals surface area contributed by atoms with E-state index < -0.39 is 11.6 Å². The number of hydrogen-bond donors (Lipinski definition) is 0. The van der Waals surface area contributed by atoms with E-state index in [0.29, 0.717) is 12.2 Å². The number of halogens is 3. The molecule has 1 nitrogen and oxygen atoms in total. The minimum absolute atomic E-state index is 0.0504. The Hall–Kier alpha value is -3.01. The van der Waals surface area contributed by atoms with E-state index in [4.69, 9.17) is 4.74 Å². The average Bonchev–Trinajstić information content (AvgIpc) is 3.04. The first-order valence-electron chi connectivity index (χ1n) is 16.6. The van der Waals surface area contributed by atoms with Gasteiger partial charge in [-0.1, -0.05) is 74.7 Å². The molecule has 0 bridgehead atoms. The van der Waals surface area contributed by atoms with Gasteiger partial charge in [-0.15, -0.1) is 0 Å². The molecule has 3 aromatic rings. The summed E-state index contributed by atoms with van der Waals surface area (Å²) in [4.78, 5) is 0. The largest absolute Gasteiger partial charge is 0.490 e. The van der Waals surface area contributed by atoms with E-state index in [1.54, 1.807) is 24.3 Å². The van der Waals surface area contributed by atoms with Gasteiger partial charge in [0.1, 0.15) is 5.82 Å². The smallest absolute Gasteiger partial charge is 0.201 e. The molecule has 0 amide bonds. The molecular weight excluding hydrogens is 541 g/mol. The standard InChI is InChI=1S/C39H47F3O/c1-3-5-6-7-25-43-37-24-23-35(38(41)39(37)42)32-19-15-30(16-20-32)33-21-22-34(36(40)26-33)31-17-13-29(14-18-31)28-11-9-27(8-4-2)10-12-28/h4,8,15-16,19-24,26-29,31H,3,5-7,9-14,17-18,25H2,1-2H3. The van der Waals surface area contributed by atoms with Gasteiger partial charge in [-0.05, 0) is 129 Å². The molecule has 0 aliphatic heterocycles. The second kappa shape index (κ2) is 15.1. The molecule has 43 heavy (non-hydrogen) atoms. The van der Waals surface area contributed by atoms with Crippen LogP contribution in [0.1, 0.15) is 102 Å². The number of ether oxygens (including phenoxy) is 1. The molecule has 4 heteroatoms. The minimum Gasteiger partial charge on any atom is -0.490 e. The Kier molecular flexibility index (Phi) is 11.1. The molecule has 0 atom stereocenters. The van der Waals surface area contributed by atoms with E-state index in [1.807, 2.05) is 24.3 Å². The van der Waals surface area contributed by atoms with Crippen molar-refractivity contribution in [3.63, 3.8) is 0 Å². The van der Waals surface area contributed by atoms with Crippen LogP contribution >= 0.6 is 0 Å². The van der Waals surface area contributed by atoms with Gasteiger partial charge in [0.2, 0.25) is 5.82 Å². The van der Waals surface area contributed by atoms with Gasteiger partial charge in [-0.2, -0.15) is 4.39 Å². The Balaban J connectivity index is 1.18. The van der Waals surface area contributed by atoms with Gasteiger partial charge >= 0.3 is 0 Å². The summed E-state index contributed by atoms with van der Waals surface area (Å²) in [6, 6.07) is 15.9. The Morgan fingerprint density at radius 2 is 1.35 bits per heavy atom. The zero-order chi connectivity index (χ0) is 30.2. The van der Waals surface area contributed by atoms with Gasteiger partial charge in [-0.25, -0.2) is 8.78 Å². The maximum absolute atomic E-state index is 15.4. The van der Waals surface area contributed by atoms with Crippen molar-refractivity contribution in [2.45, 2.75) is 96.8 Å². The van der Waals surface area contributed by atoms with Gasteiger partial charge in [0.05, 0.1) is 6.61 Å². The van der Waals surface area contributed by atoms with E-state index in [0.717, 1.165) is 73.0 Å². The van der Waals surface area contributed by atoms with Crippen molar-refractivity contribution < 1.29 is 17.9 Å². The zero-order valence-corrected chi connectivity index (χ0v) is 25.9. The lowest BCUT2D eigenvalue weighted by Gasteiger charge is -2.37. The summed E-state index contributed by atoms with van der Waals surface area (Å²) >= 11 is 0. The van der Waals surface area contributed by atoms with Gasteiger partial charge < -0.3 is 4.74 Å². The number of allylic oxidation sites excluding steroid dienone is 2. The molecule has 2 aliphatic rings. The van der Waals surface area contributed by atoms with Crippen LogP contribution in [0.2, 0.25) is 0 Å². The summed E-state index contributed by atoms with van der Waals surface area (Å²) in [5.41, 5.74) is 3.22. The first-order valence-corrected chi connectivity index (χ1v) is 16.6. The van der Waals surface area contributed by atoms with Gasteiger partial charge in [-0.3, -0.25) is 0 Å². The molecule has 2 saturated carbocycles. The van der Waals surface area contributed by atoms with E-state index >= 15 is 4.39 Å². The highest BCUT2D eigenvalue weighted by molar-refractivity contribution is 5.71. The normalized spacial score (nSPS) is 22.6. The molecule has 0 saturated heterocycles. The van der Waals surface area contributed by atoms with E-state index in [9.17, 15) is 8.78 Å². The summed E-state index contributed by atoms with van der Waals surface area (Å²) in [6.45, 7) is 4.62. The lowest BCUT2D eigenvalue weighted by Crippen LogP contribution is -2.25. The third-order valence-corrected chi connectivity index (χ3v) is 9.99. The van der Waals surface area contributed by atoms with Crippen LogP contribution in [0.15, 0.2) is 66.7 Å². The summed E-state index contributed by atoms with van der Waals surface area (Å²) in [5.74, 6) is 0.622. The first kappa shape index (κ1) is 31.4. The number of hydrogen-bond acceptors (Lipinski definition) is 1. The number of unbranched alkanes of at least 4 members (excludes halogenated alkanes) is 3. The van der Waals surface area contributed by atoms with Crippen molar-refractivity contribution in [1.82, 2.24) is 0 Å². The molecule has 0 aromatic heterocycles. The van der Waals surface area contributed by atoms with Crippen molar-refractivity contribution in [3.05, 3.63) is 89.8 Å². The molecule has 0 spiro atoms. The third kappa shape index (κ3) is 7.75. The monoisotopic (exact) mass is 588 g/mol. The van der Waals surface area contributed by atoms with E-state index in [2.05, 4.69) is 26.0 Å². The van der Waals surface area contributed by atoms with Crippen molar-refractivity contribution >= 4 is 0 Å². The molecular formula is C39H47F3O. The maximum atomic E-state index is 15.4. The van der Waals surface area contributed by atoms with Crippen LogP contribution in [0, 0.1) is 35.2 Å². The lowest BCUT2D eigenvalue weighted by atomic mass is 9.68. The summed E-state index contributed by atoms with van der Waals surface area (Å²) in [5, 5.41) is 0. The van der Waals surface area contributed by atoms with Crippen LogP contribution in [-0.2, 0) is 0 Å². The predicted molar refractivity (Wildman–Crippen MR) is 172 cm³/mol. The van der Waals surface area contributed by atoms with Crippen molar-refractivity contribution in [2.24, 2.45) is 17.8 Å². The predicted octanol–water partition coefficient (Wildman–Crippen LogP) is 12.1. The molecule has 0 heterocycles. The molecule has 2 fully saturated rings. The van der Waals surface area contributed by atoms with Crippen LogP contribution in [0.5, 0.6) is 5.75 Å². The molecule has 0 unspecified atom stereocenters. The number of benzene rings is 3. The molecule has 0 N–H and O–H groups in total. The molecule has 230 valence electrons. The van der Waals surface area contributed by atoms with Crippen molar-refractivity contribution in [3.8, 4) is 28.0 Å². The highest BCUT2D eigenvalue weighted by Gasteiger charge is 2.31. The minimum atomic E-state index is -0.958. The maximum Gasteiger partial charge on any atom is 0.201 e. The molecule has 5 rings (SSSR count). The van der Waals surface area contributed by atoms with E-state index in [-0.39, 0.29) is 23.0 Å². The van der Waals surface area contributed by atoms with Gasteiger partial charge in [0.15, 0.2) is 11.6 Å². The van der Waals surface area contributed by atoms with Crippen LogP contribution in [0.3, 0.4) is 0 Å². The fraction of sp³-hybridized carbons (Fsp3) is 0.487. The second-order valence-electron chi connectivity index (χ2n) is 12.8. The first-order chi connectivity index (χ1) is 21.0. The highest BCUT2D eigenvalue weighted by atomic mass is 19.2. The Bertz CT molecular complexity index is 1350. The van der Waals surface area contributed by atoms with Crippen LogP contribution in [0.4, 0.5) is 13.2 Å². The summed E-state index contributed by atoms with van der Waals surface area (Å²) < 4.78 is 50.6. The van der Waals surface area contributed by atoms with Crippen LogP contribution < -0.4 is 4.74 Å². The zero-order valence-electron chi connectivity index (χ0n) is 25.9. The fourth-order valence-electron chi connectivity index (χ4n) is 7.44. The highest BCUT2D eigenvalue weighted by Crippen LogP contribution is 2.45.